The fourth-order valence-corrected chi connectivity index (χ4v) is 2.41. The van der Waals surface area contributed by atoms with Crippen LogP contribution in [0.4, 0.5) is 0 Å². The molecule has 0 bridgehead atoms. The van der Waals surface area contributed by atoms with Crippen molar-refractivity contribution >= 4 is 11.3 Å². The van der Waals surface area contributed by atoms with Crippen LogP contribution in [0.25, 0.3) is 0 Å². The van der Waals surface area contributed by atoms with Crippen molar-refractivity contribution in [3.63, 3.8) is 0 Å². The summed E-state index contributed by atoms with van der Waals surface area (Å²) in [6, 6.07) is 0. The third-order valence-electron chi connectivity index (χ3n) is 2.74. The minimum absolute atomic E-state index is 0.250. The monoisotopic (exact) mass is 302 g/mol. The normalized spacial score (nSPS) is 13.1. The summed E-state index contributed by atoms with van der Waals surface area (Å²) >= 11 is 1.65. The molecule has 6 heteroatoms. The number of hydrogen-bond donors (Lipinski definition) is 2. The average molecular weight is 302 g/mol. The van der Waals surface area contributed by atoms with Crippen molar-refractivity contribution in [2.24, 2.45) is 0 Å². The molecule has 0 aromatic carbocycles. The molecule has 1 rings (SSSR count). The first kappa shape index (κ1) is 17.5. The van der Waals surface area contributed by atoms with Crippen LogP contribution in [0.3, 0.4) is 0 Å². The van der Waals surface area contributed by atoms with Crippen molar-refractivity contribution in [1.29, 1.82) is 0 Å². The number of aliphatic hydroxyl groups excluding tert-OH is 1. The zero-order valence-electron chi connectivity index (χ0n) is 12.6. The van der Waals surface area contributed by atoms with Crippen LogP contribution in [-0.4, -0.2) is 55.2 Å². The van der Waals surface area contributed by atoms with E-state index in [0.29, 0.717) is 26.4 Å². The van der Waals surface area contributed by atoms with Gasteiger partial charge in [0, 0.05) is 24.4 Å². The van der Waals surface area contributed by atoms with Gasteiger partial charge in [0.25, 0.3) is 0 Å². The summed E-state index contributed by atoms with van der Waals surface area (Å²) in [5.41, 5.74) is 2.92. The van der Waals surface area contributed by atoms with E-state index in [1.165, 1.54) is 4.88 Å². The number of rotatable bonds is 11. The molecule has 0 aliphatic carbocycles. The molecule has 2 N–H and O–H groups in total. The molecule has 1 unspecified atom stereocenters. The summed E-state index contributed by atoms with van der Waals surface area (Å²) in [6.45, 7) is 8.93. The Morgan fingerprint density at radius 3 is 2.85 bits per heavy atom. The molecule has 0 amide bonds. The van der Waals surface area contributed by atoms with Gasteiger partial charge in [0.1, 0.15) is 0 Å². The second-order valence-corrected chi connectivity index (χ2v) is 5.90. The number of thiazole rings is 1. The van der Waals surface area contributed by atoms with Crippen LogP contribution in [0, 0.1) is 6.92 Å². The molecule has 1 atom stereocenters. The topological polar surface area (TPSA) is 63.6 Å². The number of aryl methyl sites for hydroxylation is 1. The molecule has 20 heavy (non-hydrogen) atoms. The van der Waals surface area contributed by atoms with Crippen LogP contribution in [0.2, 0.25) is 0 Å². The molecule has 1 aromatic rings. The van der Waals surface area contributed by atoms with Crippen LogP contribution in [0.5, 0.6) is 0 Å². The molecule has 0 radical (unpaired) electrons. The van der Waals surface area contributed by atoms with Gasteiger partial charge in [-0.05, 0) is 20.8 Å². The van der Waals surface area contributed by atoms with Crippen molar-refractivity contribution in [1.82, 2.24) is 10.3 Å². The average Bonchev–Trinajstić information content (AvgIpc) is 2.79. The molecule has 0 aliphatic rings. The van der Waals surface area contributed by atoms with Crippen LogP contribution < -0.4 is 5.32 Å². The maximum absolute atomic E-state index is 9.73. The second-order valence-electron chi connectivity index (χ2n) is 4.96. The Balaban J connectivity index is 1.95. The number of ether oxygens (including phenoxy) is 2. The van der Waals surface area contributed by atoms with Crippen molar-refractivity contribution in [3.05, 3.63) is 16.1 Å². The molecule has 0 aliphatic heterocycles. The van der Waals surface area contributed by atoms with Crippen LogP contribution in [0.15, 0.2) is 5.51 Å². The van der Waals surface area contributed by atoms with Gasteiger partial charge in [0.2, 0.25) is 0 Å². The molecule has 1 heterocycles. The largest absolute Gasteiger partial charge is 0.389 e. The fourth-order valence-electron chi connectivity index (χ4n) is 1.64. The summed E-state index contributed by atoms with van der Waals surface area (Å²) in [6.07, 6.45) is 0.635. The number of hydrogen-bond acceptors (Lipinski definition) is 6. The Morgan fingerprint density at radius 2 is 2.20 bits per heavy atom. The van der Waals surface area contributed by atoms with E-state index in [4.69, 9.17) is 9.47 Å². The lowest BCUT2D eigenvalue weighted by Crippen LogP contribution is -2.33. The van der Waals surface area contributed by atoms with Crippen LogP contribution in [-0.2, 0) is 15.9 Å². The standard InChI is InChI=1S/C14H26N2O3S/c1-11(2)19-7-5-15-8-13(17)9-18-6-4-14-12(3)16-10-20-14/h10-11,13,15,17H,4-9H2,1-3H3. The quantitative estimate of drug-likeness (QED) is 0.605. The van der Waals surface area contributed by atoms with E-state index in [1.54, 1.807) is 11.3 Å². The summed E-state index contributed by atoms with van der Waals surface area (Å²) in [5, 5.41) is 12.9. The molecule has 1 aromatic heterocycles. The maximum atomic E-state index is 9.73. The third kappa shape index (κ3) is 7.91. The lowest BCUT2D eigenvalue weighted by Gasteiger charge is -2.13. The van der Waals surface area contributed by atoms with Gasteiger partial charge in [0.15, 0.2) is 0 Å². The predicted molar refractivity (Wildman–Crippen MR) is 81.3 cm³/mol. The van der Waals surface area contributed by atoms with E-state index in [9.17, 15) is 5.11 Å². The minimum atomic E-state index is -0.475. The van der Waals surface area contributed by atoms with Gasteiger partial charge >= 0.3 is 0 Å². The summed E-state index contributed by atoms with van der Waals surface area (Å²) < 4.78 is 10.9. The minimum Gasteiger partial charge on any atom is -0.389 e. The highest BCUT2D eigenvalue weighted by Crippen LogP contribution is 2.12. The number of aliphatic hydroxyl groups is 1. The fraction of sp³-hybridized carbons (Fsp3) is 0.786. The highest BCUT2D eigenvalue weighted by atomic mass is 32.1. The SMILES string of the molecule is Cc1ncsc1CCOCC(O)CNCCOC(C)C. The van der Waals surface area contributed by atoms with Gasteiger partial charge in [0.05, 0.1) is 43.2 Å². The van der Waals surface area contributed by atoms with E-state index in [0.717, 1.165) is 18.7 Å². The lowest BCUT2D eigenvalue weighted by molar-refractivity contribution is 0.0354. The van der Waals surface area contributed by atoms with Gasteiger partial charge in [-0.15, -0.1) is 11.3 Å². The molecular weight excluding hydrogens is 276 g/mol. The zero-order valence-corrected chi connectivity index (χ0v) is 13.4. The Labute approximate surface area is 125 Å². The number of nitrogens with one attached hydrogen (secondary N) is 1. The maximum Gasteiger partial charge on any atom is 0.0897 e. The first-order valence-corrected chi connectivity index (χ1v) is 7.94. The zero-order chi connectivity index (χ0) is 14.8. The van der Waals surface area contributed by atoms with Crippen molar-refractivity contribution in [3.8, 4) is 0 Å². The van der Waals surface area contributed by atoms with Crippen molar-refractivity contribution in [2.75, 3.05) is 32.9 Å². The highest BCUT2D eigenvalue weighted by Gasteiger charge is 2.05. The number of nitrogens with zero attached hydrogens (tertiary/aromatic N) is 1. The third-order valence-corrected chi connectivity index (χ3v) is 3.73. The number of aromatic nitrogens is 1. The van der Waals surface area contributed by atoms with Crippen LogP contribution in [0.1, 0.15) is 24.4 Å². The lowest BCUT2D eigenvalue weighted by atomic mass is 10.3. The molecular formula is C14H26N2O3S. The summed E-state index contributed by atoms with van der Waals surface area (Å²) in [7, 11) is 0. The van der Waals surface area contributed by atoms with Gasteiger partial charge < -0.3 is 19.9 Å². The molecule has 0 spiro atoms. The Hall–Kier alpha value is -0.530. The van der Waals surface area contributed by atoms with E-state index in [1.807, 2.05) is 26.3 Å². The highest BCUT2D eigenvalue weighted by molar-refractivity contribution is 7.09. The van der Waals surface area contributed by atoms with E-state index >= 15 is 0 Å². The smallest absolute Gasteiger partial charge is 0.0897 e. The molecule has 0 fully saturated rings. The van der Waals surface area contributed by atoms with Crippen molar-refractivity contribution in [2.45, 2.75) is 39.4 Å². The summed E-state index contributed by atoms with van der Waals surface area (Å²) in [4.78, 5) is 5.45. The molecule has 0 saturated carbocycles. The summed E-state index contributed by atoms with van der Waals surface area (Å²) in [5.74, 6) is 0. The predicted octanol–water partition coefficient (Wildman–Crippen LogP) is 1.39. The van der Waals surface area contributed by atoms with E-state index in [2.05, 4.69) is 10.3 Å². The Kier molecular flexibility index (Phi) is 8.97. The van der Waals surface area contributed by atoms with E-state index in [-0.39, 0.29) is 6.10 Å². The van der Waals surface area contributed by atoms with Gasteiger partial charge in [-0.3, -0.25) is 0 Å². The van der Waals surface area contributed by atoms with Gasteiger partial charge in [-0.25, -0.2) is 4.98 Å². The molecule has 0 saturated heterocycles. The van der Waals surface area contributed by atoms with Crippen molar-refractivity contribution < 1.29 is 14.6 Å². The second kappa shape index (κ2) is 10.2. The van der Waals surface area contributed by atoms with Gasteiger partial charge in [-0.2, -0.15) is 0 Å². The van der Waals surface area contributed by atoms with Crippen LogP contribution >= 0.6 is 11.3 Å². The first-order chi connectivity index (χ1) is 9.59. The first-order valence-electron chi connectivity index (χ1n) is 7.06. The molecule has 116 valence electrons. The van der Waals surface area contributed by atoms with E-state index < -0.39 is 6.10 Å². The Bertz CT molecular complexity index is 358. The van der Waals surface area contributed by atoms with Gasteiger partial charge in [-0.1, -0.05) is 0 Å². The molecule has 5 nitrogen and oxygen atoms in total. The Morgan fingerprint density at radius 1 is 1.40 bits per heavy atom.